The molecule has 1 aromatic rings. The summed E-state index contributed by atoms with van der Waals surface area (Å²) in [6, 6.07) is 5.30. The van der Waals surface area contributed by atoms with Gasteiger partial charge in [-0.05, 0) is 37.1 Å². The molecule has 1 N–H and O–H groups in total. The summed E-state index contributed by atoms with van der Waals surface area (Å²) in [7, 11) is 0. The van der Waals surface area contributed by atoms with Crippen LogP contribution in [0.1, 0.15) is 18.1 Å². The zero-order valence-corrected chi connectivity index (χ0v) is 9.95. The largest absolute Gasteiger partial charge is 0.459 e. The number of ether oxygens (including phenoxy) is 1. The Bertz CT molecular complexity index is 452. The van der Waals surface area contributed by atoms with Crippen molar-refractivity contribution >= 4 is 23.6 Å². The van der Waals surface area contributed by atoms with Crippen LogP contribution in [-0.2, 0) is 14.3 Å². The van der Waals surface area contributed by atoms with E-state index < -0.39 is 11.9 Å². The third kappa shape index (κ3) is 3.45. The standard InChI is InChI=1S/C13H15NO3/c1-4-10-6-7-11(8-9(10)3)14-12(15)13(16)17-5-2/h4,6-8H,1,5H2,2-3H3,(H,14,15). The van der Waals surface area contributed by atoms with Crippen LogP contribution >= 0.6 is 0 Å². The Kier molecular flexibility index (Phi) is 4.46. The Morgan fingerprint density at radius 2 is 2.18 bits per heavy atom. The summed E-state index contributed by atoms with van der Waals surface area (Å²) in [6.45, 7) is 7.40. The van der Waals surface area contributed by atoms with E-state index in [4.69, 9.17) is 0 Å². The first-order chi connectivity index (χ1) is 8.08. The molecule has 1 rings (SSSR count). The van der Waals surface area contributed by atoms with E-state index in [0.29, 0.717) is 5.69 Å². The summed E-state index contributed by atoms with van der Waals surface area (Å²) in [6.07, 6.45) is 1.73. The van der Waals surface area contributed by atoms with E-state index in [1.807, 2.05) is 13.0 Å². The number of hydrogen-bond acceptors (Lipinski definition) is 3. The Balaban J connectivity index is 2.75. The van der Waals surface area contributed by atoms with E-state index in [0.717, 1.165) is 11.1 Å². The highest BCUT2D eigenvalue weighted by atomic mass is 16.5. The minimum atomic E-state index is -0.877. The van der Waals surface area contributed by atoms with Crippen LogP contribution in [0.25, 0.3) is 6.08 Å². The summed E-state index contributed by atoms with van der Waals surface area (Å²) in [5.41, 5.74) is 2.52. The van der Waals surface area contributed by atoms with Crippen molar-refractivity contribution in [1.82, 2.24) is 0 Å². The lowest BCUT2D eigenvalue weighted by atomic mass is 10.1. The molecule has 0 radical (unpaired) electrons. The van der Waals surface area contributed by atoms with Crippen molar-refractivity contribution in [2.75, 3.05) is 11.9 Å². The van der Waals surface area contributed by atoms with Gasteiger partial charge in [-0.3, -0.25) is 4.79 Å². The number of nitrogens with one attached hydrogen (secondary N) is 1. The monoisotopic (exact) mass is 233 g/mol. The first kappa shape index (κ1) is 13.0. The van der Waals surface area contributed by atoms with Gasteiger partial charge >= 0.3 is 11.9 Å². The zero-order valence-electron chi connectivity index (χ0n) is 9.95. The van der Waals surface area contributed by atoms with Crippen molar-refractivity contribution in [3.63, 3.8) is 0 Å². The van der Waals surface area contributed by atoms with Crippen LogP contribution in [-0.4, -0.2) is 18.5 Å². The molecule has 0 spiro atoms. The highest BCUT2D eigenvalue weighted by molar-refractivity contribution is 6.37. The molecule has 0 aliphatic carbocycles. The van der Waals surface area contributed by atoms with E-state index in [-0.39, 0.29) is 6.61 Å². The molecule has 90 valence electrons. The number of rotatable bonds is 3. The quantitative estimate of drug-likeness (QED) is 0.642. The van der Waals surface area contributed by atoms with Gasteiger partial charge in [0.05, 0.1) is 6.61 Å². The number of carbonyl (C=O) groups excluding carboxylic acids is 2. The molecular formula is C13H15NO3. The molecule has 1 aromatic carbocycles. The van der Waals surface area contributed by atoms with Gasteiger partial charge in [0.1, 0.15) is 0 Å². The van der Waals surface area contributed by atoms with Gasteiger partial charge in [0.15, 0.2) is 0 Å². The fourth-order valence-electron chi connectivity index (χ4n) is 1.36. The van der Waals surface area contributed by atoms with Gasteiger partial charge < -0.3 is 10.1 Å². The first-order valence-corrected chi connectivity index (χ1v) is 5.29. The van der Waals surface area contributed by atoms with Crippen LogP contribution in [0.15, 0.2) is 24.8 Å². The number of anilines is 1. The van der Waals surface area contributed by atoms with Gasteiger partial charge in [-0.1, -0.05) is 18.7 Å². The van der Waals surface area contributed by atoms with Crippen LogP contribution in [0.5, 0.6) is 0 Å². The van der Waals surface area contributed by atoms with Crippen molar-refractivity contribution in [2.24, 2.45) is 0 Å². The molecule has 4 heteroatoms. The van der Waals surface area contributed by atoms with Crippen molar-refractivity contribution in [2.45, 2.75) is 13.8 Å². The van der Waals surface area contributed by atoms with Crippen LogP contribution in [0.2, 0.25) is 0 Å². The van der Waals surface area contributed by atoms with Crippen LogP contribution in [0.4, 0.5) is 5.69 Å². The van der Waals surface area contributed by atoms with Gasteiger partial charge in [0, 0.05) is 5.69 Å². The van der Waals surface area contributed by atoms with E-state index in [2.05, 4.69) is 16.6 Å². The van der Waals surface area contributed by atoms with Crippen LogP contribution in [0, 0.1) is 6.92 Å². The fourth-order valence-corrected chi connectivity index (χ4v) is 1.36. The first-order valence-electron chi connectivity index (χ1n) is 5.29. The Labute approximate surface area is 100 Å². The van der Waals surface area contributed by atoms with Crippen molar-refractivity contribution in [3.8, 4) is 0 Å². The average Bonchev–Trinajstić information content (AvgIpc) is 2.29. The van der Waals surface area contributed by atoms with Gasteiger partial charge in [-0.15, -0.1) is 0 Å². The molecule has 0 aliphatic rings. The van der Waals surface area contributed by atoms with Gasteiger partial charge in [-0.2, -0.15) is 0 Å². The number of carbonyl (C=O) groups is 2. The fraction of sp³-hybridized carbons (Fsp3) is 0.231. The predicted molar refractivity (Wildman–Crippen MR) is 66.5 cm³/mol. The number of benzene rings is 1. The lowest BCUT2D eigenvalue weighted by Crippen LogP contribution is -2.25. The second-order valence-electron chi connectivity index (χ2n) is 3.45. The highest BCUT2D eigenvalue weighted by Gasteiger charge is 2.14. The predicted octanol–water partition coefficient (Wildman–Crippen LogP) is 2.14. The molecule has 0 bridgehead atoms. The topological polar surface area (TPSA) is 55.4 Å². The maximum Gasteiger partial charge on any atom is 0.397 e. The summed E-state index contributed by atoms with van der Waals surface area (Å²) >= 11 is 0. The number of amides is 1. The minimum absolute atomic E-state index is 0.181. The van der Waals surface area contributed by atoms with Gasteiger partial charge in [0.2, 0.25) is 0 Å². The van der Waals surface area contributed by atoms with E-state index in [9.17, 15) is 9.59 Å². The maximum absolute atomic E-state index is 11.4. The summed E-state index contributed by atoms with van der Waals surface area (Å²) in [4.78, 5) is 22.5. The maximum atomic E-state index is 11.4. The van der Waals surface area contributed by atoms with Crippen LogP contribution in [0.3, 0.4) is 0 Å². The zero-order chi connectivity index (χ0) is 12.8. The Hall–Kier alpha value is -2.10. The highest BCUT2D eigenvalue weighted by Crippen LogP contribution is 2.15. The second kappa shape index (κ2) is 5.84. The van der Waals surface area contributed by atoms with Crippen molar-refractivity contribution < 1.29 is 14.3 Å². The number of aryl methyl sites for hydroxylation is 1. The molecule has 0 atom stereocenters. The lowest BCUT2D eigenvalue weighted by molar-refractivity contribution is -0.152. The molecule has 1 amide bonds. The Morgan fingerprint density at radius 1 is 1.47 bits per heavy atom. The van der Waals surface area contributed by atoms with Gasteiger partial charge in [-0.25, -0.2) is 4.79 Å². The number of esters is 1. The summed E-state index contributed by atoms with van der Waals surface area (Å²) in [5, 5.41) is 2.47. The molecule has 4 nitrogen and oxygen atoms in total. The Morgan fingerprint density at radius 3 is 2.71 bits per heavy atom. The molecular weight excluding hydrogens is 218 g/mol. The summed E-state index contributed by atoms with van der Waals surface area (Å²) < 4.78 is 4.58. The van der Waals surface area contributed by atoms with Crippen molar-refractivity contribution in [1.29, 1.82) is 0 Å². The van der Waals surface area contributed by atoms with Gasteiger partial charge in [0.25, 0.3) is 0 Å². The normalized spacial score (nSPS) is 9.53. The second-order valence-corrected chi connectivity index (χ2v) is 3.45. The van der Waals surface area contributed by atoms with E-state index in [1.165, 1.54) is 0 Å². The molecule has 0 heterocycles. The molecule has 0 unspecified atom stereocenters. The molecule has 0 aliphatic heterocycles. The smallest absolute Gasteiger partial charge is 0.397 e. The average molecular weight is 233 g/mol. The molecule has 0 saturated carbocycles. The molecule has 17 heavy (non-hydrogen) atoms. The van der Waals surface area contributed by atoms with E-state index >= 15 is 0 Å². The summed E-state index contributed by atoms with van der Waals surface area (Å²) in [5.74, 6) is -1.64. The molecule has 0 fully saturated rings. The van der Waals surface area contributed by atoms with E-state index in [1.54, 1.807) is 25.1 Å². The van der Waals surface area contributed by atoms with Crippen LogP contribution < -0.4 is 5.32 Å². The minimum Gasteiger partial charge on any atom is -0.459 e. The molecule has 0 saturated heterocycles. The third-order valence-electron chi connectivity index (χ3n) is 2.21. The van der Waals surface area contributed by atoms with Crippen molar-refractivity contribution in [3.05, 3.63) is 35.9 Å². The third-order valence-corrected chi connectivity index (χ3v) is 2.21. The SMILES string of the molecule is C=Cc1ccc(NC(=O)C(=O)OCC)cc1C. The molecule has 0 aromatic heterocycles. The number of hydrogen-bond donors (Lipinski definition) is 1. The lowest BCUT2D eigenvalue weighted by Gasteiger charge is -2.07.